The minimum Gasteiger partial charge on any atom is -0.330 e. The van der Waals surface area contributed by atoms with Crippen molar-refractivity contribution in [1.29, 1.82) is 0 Å². The van der Waals surface area contributed by atoms with Crippen LogP contribution < -0.4 is 5.73 Å². The molecule has 0 aliphatic rings. The minimum atomic E-state index is 0.595. The molecule has 2 nitrogen and oxygen atoms in total. The molecule has 0 saturated heterocycles. The Kier molecular flexibility index (Phi) is 6.90. The van der Waals surface area contributed by atoms with E-state index in [-0.39, 0.29) is 0 Å². The lowest BCUT2D eigenvalue weighted by Gasteiger charge is -2.24. The minimum absolute atomic E-state index is 0.595. The fraction of sp³-hybridized carbons (Fsp3) is 0.600. The van der Waals surface area contributed by atoms with E-state index in [9.17, 15) is 0 Å². The molecule has 0 bridgehead atoms. The monoisotopic (exact) mass is 312 g/mol. The third-order valence-corrected chi connectivity index (χ3v) is 3.88. The van der Waals surface area contributed by atoms with Crippen LogP contribution in [0.3, 0.4) is 0 Å². The van der Waals surface area contributed by atoms with Crippen LogP contribution in [0.2, 0.25) is 0 Å². The van der Waals surface area contributed by atoms with Crippen LogP contribution in [0.5, 0.6) is 0 Å². The van der Waals surface area contributed by atoms with E-state index >= 15 is 0 Å². The highest BCUT2D eigenvalue weighted by Crippen LogP contribution is 2.18. The lowest BCUT2D eigenvalue weighted by atomic mass is 9.96. The number of benzene rings is 1. The number of hydrogen-bond donors (Lipinski definition) is 1. The van der Waals surface area contributed by atoms with Gasteiger partial charge >= 0.3 is 0 Å². The fourth-order valence-corrected chi connectivity index (χ4v) is 2.74. The zero-order valence-electron chi connectivity index (χ0n) is 11.7. The molecule has 0 fully saturated rings. The van der Waals surface area contributed by atoms with Crippen molar-refractivity contribution in [2.75, 3.05) is 20.1 Å². The number of rotatable bonds is 7. The first-order valence-electron chi connectivity index (χ1n) is 6.65. The highest BCUT2D eigenvalue weighted by atomic mass is 79.9. The maximum atomic E-state index is 5.86. The fourth-order valence-electron chi connectivity index (χ4n) is 2.33. The van der Waals surface area contributed by atoms with Crippen LogP contribution in [-0.2, 0) is 6.54 Å². The normalized spacial score (nSPS) is 13.3. The van der Waals surface area contributed by atoms with Crippen LogP contribution in [0.4, 0.5) is 0 Å². The van der Waals surface area contributed by atoms with Gasteiger partial charge < -0.3 is 10.6 Å². The van der Waals surface area contributed by atoms with Gasteiger partial charge in [-0.15, -0.1) is 0 Å². The Bertz CT molecular complexity index is 352. The van der Waals surface area contributed by atoms with E-state index in [1.54, 1.807) is 0 Å². The summed E-state index contributed by atoms with van der Waals surface area (Å²) >= 11 is 3.60. The van der Waals surface area contributed by atoms with Crippen molar-refractivity contribution in [3.05, 3.63) is 34.3 Å². The Labute approximate surface area is 120 Å². The van der Waals surface area contributed by atoms with E-state index in [1.165, 1.54) is 16.5 Å². The van der Waals surface area contributed by atoms with Crippen molar-refractivity contribution >= 4 is 15.9 Å². The zero-order chi connectivity index (χ0) is 13.5. The van der Waals surface area contributed by atoms with Crippen LogP contribution in [-0.4, -0.2) is 25.0 Å². The van der Waals surface area contributed by atoms with Gasteiger partial charge in [0.2, 0.25) is 0 Å². The molecule has 1 aromatic carbocycles. The molecule has 3 heteroatoms. The van der Waals surface area contributed by atoms with Gasteiger partial charge in [-0.2, -0.15) is 0 Å². The number of hydrogen-bond acceptors (Lipinski definition) is 2. The third kappa shape index (κ3) is 5.51. The first-order chi connectivity index (χ1) is 8.52. The van der Waals surface area contributed by atoms with E-state index < -0.39 is 0 Å². The second-order valence-corrected chi connectivity index (χ2v) is 6.37. The molecule has 1 rings (SSSR count). The third-order valence-electron chi connectivity index (χ3n) is 3.11. The summed E-state index contributed by atoms with van der Waals surface area (Å²) in [6.07, 6.45) is 1.21. The van der Waals surface area contributed by atoms with Crippen molar-refractivity contribution in [2.24, 2.45) is 17.6 Å². The molecular weight excluding hydrogens is 288 g/mol. The molecule has 1 atom stereocenters. The van der Waals surface area contributed by atoms with Crippen LogP contribution in [0.15, 0.2) is 28.7 Å². The Morgan fingerprint density at radius 2 is 1.94 bits per heavy atom. The van der Waals surface area contributed by atoms with E-state index in [0.717, 1.165) is 25.6 Å². The largest absolute Gasteiger partial charge is 0.330 e. The molecule has 2 N–H and O–H groups in total. The Morgan fingerprint density at radius 3 is 2.50 bits per heavy atom. The molecule has 18 heavy (non-hydrogen) atoms. The highest BCUT2D eigenvalue weighted by Gasteiger charge is 2.12. The quantitative estimate of drug-likeness (QED) is 0.835. The van der Waals surface area contributed by atoms with Gasteiger partial charge in [0.1, 0.15) is 0 Å². The molecule has 0 amide bonds. The SMILES string of the molecule is CC(C)CC(CN)CN(C)Cc1ccccc1Br. The molecule has 0 spiro atoms. The smallest absolute Gasteiger partial charge is 0.0242 e. The molecule has 1 unspecified atom stereocenters. The average molecular weight is 313 g/mol. The maximum absolute atomic E-state index is 5.86. The number of nitrogens with two attached hydrogens (primary N) is 1. The van der Waals surface area contributed by atoms with Gasteiger partial charge in [-0.25, -0.2) is 0 Å². The molecule has 1 aromatic rings. The van der Waals surface area contributed by atoms with Gasteiger partial charge in [0.05, 0.1) is 0 Å². The highest BCUT2D eigenvalue weighted by molar-refractivity contribution is 9.10. The van der Waals surface area contributed by atoms with Gasteiger partial charge in [-0.3, -0.25) is 0 Å². The first-order valence-corrected chi connectivity index (χ1v) is 7.44. The van der Waals surface area contributed by atoms with Crippen molar-refractivity contribution in [3.8, 4) is 0 Å². The Balaban J connectivity index is 2.50. The summed E-state index contributed by atoms with van der Waals surface area (Å²) in [5, 5.41) is 0. The average Bonchev–Trinajstić information content (AvgIpc) is 2.30. The van der Waals surface area contributed by atoms with Crippen molar-refractivity contribution < 1.29 is 0 Å². The van der Waals surface area contributed by atoms with Gasteiger partial charge in [0.15, 0.2) is 0 Å². The van der Waals surface area contributed by atoms with Gasteiger partial charge in [0, 0.05) is 17.6 Å². The van der Waals surface area contributed by atoms with Crippen LogP contribution in [0, 0.1) is 11.8 Å². The molecule has 0 radical (unpaired) electrons. The lowest BCUT2D eigenvalue weighted by molar-refractivity contribution is 0.249. The molecule has 0 aliphatic carbocycles. The lowest BCUT2D eigenvalue weighted by Crippen LogP contribution is -2.30. The molecule has 0 heterocycles. The summed E-state index contributed by atoms with van der Waals surface area (Å²) in [4.78, 5) is 2.36. The Morgan fingerprint density at radius 1 is 1.28 bits per heavy atom. The van der Waals surface area contributed by atoms with Crippen molar-refractivity contribution in [2.45, 2.75) is 26.8 Å². The van der Waals surface area contributed by atoms with E-state index in [2.05, 4.69) is 66.0 Å². The molecule has 0 aliphatic heterocycles. The van der Waals surface area contributed by atoms with Crippen LogP contribution in [0.25, 0.3) is 0 Å². The van der Waals surface area contributed by atoms with Crippen LogP contribution in [0.1, 0.15) is 25.8 Å². The predicted molar refractivity (Wildman–Crippen MR) is 82.5 cm³/mol. The Hall–Kier alpha value is -0.380. The van der Waals surface area contributed by atoms with E-state index in [1.807, 2.05) is 0 Å². The number of halogens is 1. The van der Waals surface area contributed by atoms with Crippen molar-refractivity contribution in [3.63, 3.8) is 0 Å². The molecular formula is C15H25BrN2. The second-order valence-electron chi connectivity index (χ2n) is 5.52. The van der Waals surface area contributed by atoms with Gasteiger partial charge in [0.25, 0.3) is 0 Å². The molecule has 0 saturated carbocycles. The van der Waals surface area contributed by atoms with Gasteiger partial charge in [-0.05, 0) is 43.5 Å². The zero-order valence-corrected chi connectivity index (χ0v) is 13.3. The predicted octanol–water partition coefficient (Wildman–Crippen LogP) is 3.50. The number of nitrogens with zero attached hydrogens (tertiary/aromatic N) is 1. The summed E-state index contributed by atoms with van der Waals surface area (Å²) in [6, 6.07) is 8.40. The second kappa shape index (κ2) is 7.93. The molecule has 102 valence electrons. The summed E-state index contributed by atoms with van der Waals surface area (Å²) in [6.45, 7) is 7.33. The summed E-state index contributed by atoms with van der Waals surface area (Å²) in [5.74, 6) is 1.31. The standard InChI is InChI=1S/C15H25BrN2/c1-12(2)8-13(9-17)10-18(3)11-14-6-4-5-7-15(14)16/h4-7,12-13H,8-11,17H2,1-3H3. The topological polar surface area (TPSA) is 29.3 Å². The van der Waals surface area contributed by atoms with Gasteiger partial charge in [-0.1, -0.05) is 48.0 Å². The first kappa shape index (κ1) is 15.7. The summed E-state index contributed by atoms with van der Waals surface area (Å²) in [5.41, 5.74) is 7.19. The molecule has 0 aromatic heterocycles. The van der Waals surface area contributed by atoms with E-state index in [0.29, 0.717) is 5.92 Å². The summed E-state index contributed by atoms with van der Waals surface area (Å²) < 4.78 is 1.19. The summed E-state index contributed by atoms with van der Waals surface area (Å²) in [7, 11) is 2.17. The van der Waals surface area contributed by atoms with Crippen LogP contribution >= 0.6 is 15.9 Å². The maximum Gasteiger partial charge on any atom is 0.0242 e. The van der Waals surface area contributed by atoms with E-state index in [4.69, 9.17) is 5.73 Å². The van der Waals surface area contributed by atoms with Crippen molar-refractivity contribution in [1.82, 2.24) is 4.90 Å².